The van der Waals surface area contributed by atoms with Crippen LogP contribution in [0.3, 0.4) is 0 Å². The van der Waals surface area contributed by atoms with Crippen molar-refractivity contribution < 1.29 is 0 Å². The lowest BCUT2D eigenvalue weighted by Crippen LogP contribution is -2.11. The van der Waals surface area contributed by atoms with Gasteiger partial charge in [0.05, 0.1) is 0 Å². The second-order valence-corrected chi connectivity index (χ2v) is 6.51. The number of thiophene rings is 1. The maximum absolute atomic E-state index is 4.35. The number of aromatic amines is 1. The van der Waals surface area contributed by atoms with E-state index >= 15 is 0 Å². The van der Waals surface area contributed by atoms with Crippen LogP contribution in [0.4, 0.5) is 0 Å². The molecule has 0 fully saturated rings. The summed E-state index contributed by atoms with van der Waals surface area (Å²) >= 11 is 1.79. The Hall–Kier alpha value is -2.43. The molecule has 0 aliphatic heterocycles. The molecule has 114 valence electrons. The Labute approximate surface area is 139 Å². The highest BCUT2D eigenvalue weighted by Gasteiger charge is 2.05. The summed E-state index contributed by atoms with van der Waals surface area (Å²) in [6.45, 7) is 1.81. The van der Waals surface area contributed by atoms with Gasteiger partial charge in [-0.2, -0.15) is 0 Å². The summed E-state index contributed by atoms with van der Waals surface area (Å²) in [4.78, 5) is 8.88. The lowest BCUT2D eigenvalue weighted by molar-refractivity contribution is 0.701. The predicted octanol–water partition coefficient (Wildman–Crippen LogP) is 4.58. The zero-order chi connectivity index (χ0) is 15.5. The fraction of sp³-hybridized carbons (Fsp3) is 0.105. The Morgan fingerprint density at radius 1 is 1.00 bits per heavy atom. The molecule has 0 radical (unpaired) electrons. The fourth-order valence-electron chi connectivity index (χ4n) is 2.76. The number of nitrogens with zero attached hydrogens (tertiary/aromatic N) is 1. The van der Waals surface area contributed by atoms with E-state index in [9.17, 15) is 0 Å². The summed E-state index contributed by atoms with van der Waals surface area (Å²) in [5.41, 5.74) is 4.67. The van der Waals surface area contributed by atoms with Crippen molar-refractivity contribution >= 4 is 22.4 Å². The van der Waals surface area contributed by atoms with Gasteiger partial charge in [0.15, 0.2) is 0 Å². The molecule has 0 spiro atoms. The minimum Gasteiger partial charge on any atom is -0.346 e. The molecular weight excluding hydrogens is 302 g/mol. The summed E-state index contributed by atoms with van der Waals surface area (Å²) in [5.74, 6) is 0. The lowest BCUT2D eigenvalue weighted by Gasteiger charge is -2.07. The third-order valence-corrected chi connectivity index (χ3v) is 4.81. The molecule has 23 heavy (non-hydrogen) atoms. The van der Waals surface area contributed by atoms with Crippen LogP contribution in [-0.4, -0.2) is 9.97 Å². The van der Waals surface area contributed by atoms with E-state index in [0.717, 1.165) is 24.1 Å². The highest BCUT2D eigenvalue weighted by Crippen LogP contribution is 2.27. The molecule has 1 aromatic carbocycles. The Bertz CT molecular complexity index is 892. The second-order valence-electron chi connectivity index (χ2n) is 5.48. The van der Waals surface area contributed by atoms with Gasteiger partial charge in [-0.3, -0.25) is 0 Å². The van der Waals surface area contributed by atoms with Gasteiger partial charge in [-0.05, 0) is 40.3 Å². The van der Waals surface area contributed by atoms with Crippen molar-refractivity contribution in [1.29, 1.82) is 0 Å². The van der Waals surface area contributed by atoms with Crippen molar-refractivity contribution in [3.05, 3.63) is 76.7 Å². The molecule has 0 saturated carbocycles. The van der Waals surface area contributed by atoms with E-state index in [0.29, 0.717) is 0 Å². The van der Waals surface area contributed by atoms with Crippen molar-refractivity contribution in [2.24, 2.45) is 0 Å². The minimum atomic E-state index is 0.883. The highest BCUT2D eigenvalue weighted by molar-refractivity contribution is 7.09. The minimum absolute atomic E-state index is 0.883. The van der Waals surface area contributed by atoms with Crippen LogP contribution in [0, 0.1) is 0 Å². The SMILES string of the molecule is c1csc(CNCc2ccc(-c3ccnc4[nH]ccc34)cc2)c1. The van der Waals surface area contributed by atoms with Crippen LogP contribution < -0.4 is 5.32 Å². The third kappa shape index (κ3) is 3.04. The number of pyridine rings is 1. The van der Waals surface area contributed by atoms with Crippen LogP contribution in [-0.2, 0) is 13.1 Å². The molecule has 0 aliphatic carbocycles. The van der Waals surface area contributed by atoms with Gasteiger partial charge in [-0.25, -0.2) is 4.98 Å². The Balaban J connectivity index is 1.48. The van der Waals surface area contributed by atoms with Crippen LogP contribution >= 0.6 is 11.3 Å². The number of H-pyrrole nitrogens is 1. The average molecular weight is 319 g/mol. The Morgan fingerprint density at radius 2 is 1.91 bits per heavy atom. The van der Waals surface area contributed by atoms with Crippen LogP contribution in [0.25, 0.3) is 22.2 Å². The number of hydrogen-bond acceptors (Lipinski definition) is 3. The normalized spacial score (nSPS) is 11.1. The molecular formula is C19H17N3S. The molecule has 3 aromatic heterocycles. The Morgan fingerprint density at radius 3 is 2.74 bits per heavy atom. The van der Waals surface area contributed by atoms with Gasteiger partial charge < -0.3 is 10.3 Å². The first kappa shape index (κ1) is 14.2. The van der Waals surface area contributed by atoms with Crippen LogP contribution in [0.2, 0.25) is 0 Å². The highest BCUT2D eigenvalue weighted by atomic mass is 32.1. The smallest absolute Gasteiger partial charge is 0.137 e. The Kier molecular flexibility index (Phi) is 3.92. The molecule has 0 amide bonds. The molecule has 0 unspecified atom stereocenters. The van der Waals surface area contributed by atoms with Crippen LogP contribution in [0.1, 0.15) is 10.4 Å². The maximum atomic E-state index is 4.35. The van der Waals surface area contributed by atoms with E-state index < -0.39 is 0 Å². The quantitative estimate of drug-likeness (QED) is 0.565. The monoisotopic (exact) mass is 319 g/mol. The summed E-state index contributed by atoms with van der Waals surface area (Å²) in [5, 5.41) is 6.76. The summed E-state index contributed by atoms with van der Waals surface area (Å²) in [7, 11) is 0. The molecule has 0 bridgehead atoms. The van der Waals surface area contributed by atoms with E-state index in [2.05, 4.69) is 69.2 Å². The van der Waals surface area contributed by atoms with Crippen LogP contribution in [0.5, 0.6) is 0 Å². The summed E-state index contributed by atoms with van der Waals surface area (Å²) in [6.07, 6.45) is 3.79. The number of rotatable bonds is 5. The lowest BCUT2D eigenvalue weighted by atomic mass is 10.0. The summed E-state index contributed by atoms with van der Waals surface area (Å²) < 4.78 is 0. The molecule has 3 nitrogen and oxygen atoms in total. The number of hydrogen-bond donors (Lipinski definition) is 2. The number of benzene rings is 1. The van der Waals surface area contributed by atoms with Crippen molar-refractivity contribution in [3.63, 3.8) is 0 Å². The molecule has 2 N–H and O–H groups in total. The van der Waals surface area contributed by atoms with Crippen molar-refractivity contribution in [2.45, 2.75) is 13.1 Å². The second kappa shape index (κ2) is 6.36. The van der Waals surface area contributed by atoms with Gasteiger partial charge in [0.1, 0.15) is 5.65 Å². The van der Waals surface area contributed by atoms with E-state index in [1.54, 1.807) is 11.3 Å². The average Bonchev–Trinajstić information content (AvgIpc) is 3.26. The van der Waals surface area contributed by atoms with E-state index in [-0.39, 0.29) is 0 Å². The first-order valence-corrected chi connectivity index (χ1v) is 8.52. The van der Waals surface area contributed by atoms with Gasteiger partial charge in [0, 0.05) is 35.7 Å². The van der Waals surface area contributed by atoms with Crippen molar-refractivity contribution in [3.8, 4) is 11.1 Å². The van der Waals surface area contributed by atoms with E-state index in [4.69, 9.17) is 0 Å². The molecule has 0 atom stereocenters. The zero-order valence-corrected chi connectivity index (χ0v) is 13.4. The zero-order valence-electron chi connectivity index (χ0n) is 12.6. The molecule has 0 saturated heterocycles. The third-order valence-electron chi connectivity index (χ3n) is 3.93. The number of nitrogens with one attached hydrogen (secondary N) is 2. The van der Waals surface area contributed by atoms with E-state index in [1.165, 1.54) is 21.6 Å². The fourth-order valence-corrected chi connectivity index (χ4v) is 3.43. The van der Waals surface area contributed by atoms with Gasteiger partial charge in [0.2, 0.25) is 0 Å². The van der Waals surface area contributed by atoms with Gasteiger partial charge >= 0.3 is 0 Å². The molecule has 4 heteroatoms. The van der Waals surface area contributed by atoms with E-state index in [1.807, 2.05) is 12.4 Å². The maximum Gasteiger partial charge on any atom is 0.137 e. The molecule has 4 aromatic rings. The number of aromatic nitrogens is 2. The standard InChI is InChI=1S/C19H17N3S/c1-2-16(23-11-1)13-20-12-14-3-5-15(6-4-14)17-7-9-21-19-18(17)8-10-22-19/h1-11,20H,12-13H2,(H,21,22). The van der Waals surface area contributed by atoms with Crippen LogP contribution in [0.15, 0.2) is 66.3 Å². The summed E-state index contributed by atoms with van der Waals surface area (Å²) in [6, 6.07) is 17.1. The topological polar surface area (TPSA) is 40.7 Å². The molecule has 3 heterocycles. The number of fused-ring (bicyclic) bond motifs is 1. The molecule has 0 aliphatic rings. The predicted molar refractivity (Wildman–Crippen MR) is 96.4 cm³/mol. The molecule has 4 rings (SSSR count). The van der Waals surface area contributed by atoms with Crippen molar-refractivity contribution in [1.82, 2.24) is 15.3 Å². The van der Waals surface area contributed by atoms with Gasteiger partial charge in [-0.1, -0.05) is 30.3 Å². The first-order valence-electron chi connectivity index (χ1n) is 7.65. The van der Waals surface area contributed by atoms with Gasteiger partial charge in [-0.15, -0.1) is 11.3 Å². The van der Waals surface area contributed by atoms with Gasteiger partial charge in [0.25, 0.3) is 0 Å². The first-order chi connectivity index (χ1) is 11.4. The van der Waals surface area contributed by atoms with Crippen molar-refractivity contribution in [2.75, 3.05) is 0 Å². The largest absolute Gasteiger partial charge is 0.346 e.